The lowest BCUT2D eigenvalue weighted by Gasteiger charge is -2.38. The van der Waals surface area contributed by atoms with Crippen molar-refractivity contribution in [1.82, 2.24) is 0 Å². The van der Waals surface area contributed by atoms with Crippen LogP contribution in [0.15, 0.2) is 83.4 Å². The van der Waals surface area contributed by atoms with Crippen LogP contribution in [0.1, 0.15) is 35.1 Å². The fourth-order valence-corrected chi connectivity index (χ4v) is 5.05. The van der Waals surface area contributed by atoms with Crippen LogP contribution in [0, 0.1) is 5.92 Å². The number of rotatable bonds is 4. The maximum atomic E-state index is 5.95. The summed E-state index contributed by atoms with van der Waals surface area (Å²) in [6.45, 7) is 0.535. The number of halogens is 2. The van der Waals surface area contributed by atoms with E-state index < -0.39 is 0 Å². The van der Waals surface area contributed by atoms with Crippen LogP contribution in [-0.2, 0) is 6.61 Å². The number of hydrogen-bond acceptors (Lipinski definition) is 2. The highest BCUT2D eigenvalue weighted by Gasteiger charge is 2.38. The molecule has 1 N–H and O–H groups in total. The molecule has 3 atom stereocenters. The molecule has 1 aliphatic heterocycles. The first kappa shape index (κ1) is 18.8. The fourth-order valence-electron chi connectivity index (χ4n) is 4.43. The van der Waals surface area contributed by atoms with E-state index in [1.165, 1.54) is 16.8 Å². The van der Waals surface area contributed by atoms with Gasteiger partial charge in [-0.05, 0) is 75.3 Å². The molecule has 0 amide bonds. The van der Waals surface area contributed by atoms with Gasteiger partial charge in [-0.1, -0.05) is 60.2 Å². The molecule has 0 saturated carbocycles. The van der Waals surface area contributed by atoms with E-state index >= 15 is 0 Å². The Bertz CT molecular complexity index is 1050. The molecule has 3 aromatic carbocycles. The minimum Gasteiger partial charge on any atom is -0.489 e. The Kier molecular flexibility index (Phi) is 5.11. The second-order valence-corrected chi connectivity index (χ2v) is 8.95. The molecule has 0 fully saturated rings. The van der Waals surface area contributed by atoms with Crippen LogP contribution < -0.4 is 10.1 Å². The first-order chi connectivity index (χ1) is 14.2. The fraction of sp³-hybridized carbons (Fsp3) is 0.200. The van der Waals surface area contributed by atoms with Crippen molar-refractivity contribution in [1.29, 1.82) is 0 Å². The summed E-state index contributed by atoms with van der Waals surface area (Å²) in [5.41, 5.74) is 5.00. The third-order valence-electron chi connectivity index (χ3n) is 5.90. The van der Waals surface area contributed by atoms with Crippen molar-refractivity contribution in [2.75, 3.05) is 5.32 Å². The van der Waals surface area contributed by atoms with Crippen LogP contribution in [0.3, 0.4) is 0 Å². The van der Waals surface area contributed by atoms with Crippen LogP contribution in [-0.4, -0.2) is 0 Å². The number of allylic oxidation sites excluding steroid dienone is 2. The van der Waals surface area contributed by atoms with Gasteiger partial charge in [0.25, 0.3) is 0 Å². The van der Waals surface area contributed by atoms with Crippen LogP contribution in [0.2, 0.25) is 5.02 Å². The van der Waals surface area contributed by atoms with Gasteiger partial charge in [0.05, 0.1) is 11.7 Å². The summed E-state index contributed by atoms with van der Waals surface area (Å²) in [6, 6.07) is 23.0. The Morgan fingerprint density at radius 1 is 1.00 bits per heavy atom. The van der Waals surface area contributed by atoms with Crippen molar-refractivity contribution >= 4 is 33.2 Å². The molecule has 4 heteroatoms. The second-order valence-electron chi connectivity index (χ2n) is 7.66. The highest BCUT2D eigenvalue weighted by Crippen LogP contribution is 2.51. The van der Waals surface area contributed by atoms with Crippen LogP contribution in [0.5, 0.6) is 5.75 Å². The highest BCUT2D eigenvalue weighted by molar-refractivity contribution is 9.10. The average molecular weight is 467 g/mol. The predicted molar refractivity (Wildman–Crippen MR) is 123 cm³/mol. The molecule has 1 heterocycles. The summed E-state index contributed by atoms with van der Waals surface area (Å²) < 4.78 is 7.08. The van der Waals surface area contributed by atoms with E-state index in [4.69, 9.17) is 16.3 Å². The first-order valence-corrected chi connectivity index (χ1v) is 11.0. The van der Waals surface area contributed by atoms with Gasteiger partial charge in [0, 0.05) is 15.4 Å². The minimum atomic E-state index is 0.284. The maximum Gasteiger partial charge on any atom is 0.119 e. The van der Waals surface area contributed by atoms with E-state index in [9.17, 15) is 0 Å². The Hall–Kier alpha value is -2.23. The van der Waals surface area contributed by atoms with Gasteiger partial charge < -0.3 is 10.1 Å². The summed E-state index contributed by atoms with van der Waals surface area (Å²) in [5, 5.41) is 4.54. The van der Waals surface area contributed by atoms with Crippen LogP contribution in [0.25, 0.3) is 0 Å². The van der Waals surface area contributed by atoms with Crippen LogP contribution >= 0.6 is 27.5 Å². The number of fused-ring (bicyclic) bond motifs is 3. The number of para-hydroxylation sites is 1. The highest BCUT2D eigenvalue weighted by atomic mass is 79.9. The quantitative estimate of drug-likeness (QED) is 0.402. The van der Waals surface area contributed by atoms with E-state index in [0.29, 0.717) is 18.4 Å². The van der Waals surface area contributed by atoms with Crippen molar-refractivity contribution in [3.63, 3.8) is 0 Å². The first-order valence-electron chi connectivity index (χ1n) is 9.88. The third-order valence-corrected chi connectivity index (χ3v) is 6.82. The number of nitrogens with one attached hydrogen (secondary N) is 1. The molecule has 0 bridgehead atoms. The van der Waals surface area contributed by atoms with Gasteiger partial charge in [-0.15, -0.1) is 0 Å². The molecular weight excluding hydrogens is 446 g/mol. The lowest BCUT2D eigenvalue weighted by molar-refractivity contribution is 0.306. The monoisotopic (exact) mass is 465 g/mol. The van der Waals surface area contributed by atoms with Gasteiger partial charge in [0.1, 0.15) is 12.4 Å². The van der Waals surface area contributed by atoms with E-state index in [2.05, 4.69) is 75.9 Å². The lowest BCUT2D eigenvalue weighted by Crippen LogP contribution is -2.29. The zero-order chi connectivity index (χ0) is 19.8. The molecule has 1 aliphatic carbocycles. The molecule has 2 nitrogen and oxygen atoms in total. The number of ether oxygens (including phenoxy) is 1. The molecule has 5 rings (SSSR count). The molecule has 3 aromatic rings. The van der Waals surface area contributed by atoms with Gasteiger partial charge in [0.15, 0.2) is 0 Å². The predicted octanol–water partition coefficient (Wildman–Crippen LogP) is 7.51. The van der Waals surface area contributed by atoms with Gasteiger partial charge >= 0.3 is 0 Å². The summed E-state index contributed by atoms with van der Waals surface area (Å²) in [5.74, 6) is 1.88. The van der Waals surface area contributed by atoms with Gasteiger partial charge in [-0.2, -0.15) is 0 Å². The molecular formula is C25H21BrClNO. The number of benzene rings is 3. The summed E-state index contributed by atoms with van der Waals surface area (Å²) in [6.07, 6.45) is 5.79. The summed E-state index contributed by atoms with van der Waals surface area (Å²) in [4.78, 5) is 0. The van der Waals surface area contributed by atoms with E-state index in [-0.39, 0.29) is 6.04 Å². The number of anilines is 1. The van der Waals surface area contributed by atoms with Crippen LogP contribution in [0.4, 0.5) is 5.69 Å². The summed E-state index contributed by atoms with van der Waals surface area (Å²) >= 11 is 9.67. The molecule has 0 unspecified atom stereocenters. The average Bonchev–Trinajstić information content (AvgIpc) is 3.24. The SMILES string of the molecule is Clc1ccc(COc2ccc([C@@H]3Nc4c(Br)cccc4[C@H]4C=CC[C@H]43)cc2)cc1. The normalized spacial score (nSPS) is 21.9. The molecule has 0 radical (unpaired) electrons. The smallest absolute Gasteiger partial charge is 0.119 e. The second kappa shape index (κ2) is 7.89. The standard InChI is InChI=1S/C25H21BrClNO/c26-23-6-2-5-22-20-3-1-4-21(20)24(28-25(22)23)17-9-13-19(14-10-17)29-15-16-7-11-18(27)12-8-16/h1-3,5-14,20-21,24,28H,4,15H2/t20-,21+,24-/m0/s1. The molecule has 0 aromatic heterocycles. The Morgan fingerprint density at radius 2 is 1.79 bits per heavy atom. The maximum absolute atomic E-state index is 5.95. The van der Waals surface area contributed by atoms with Crippen molar-refractivity contribution < 1.29 is 4.74 Å². The Balaban J connectivity index is 1.34. The lowest BCUT2D eigenvalue weighted by atomic mass is 9.77. The topological polar surface area (TPSA) is 21.3 Å². The van der Waals surface area contributed by atoms with Gasteiger partial charge in [-0.3, -0.25) is 0 Å². The summed E-state index contributed by atoms with van der Waals surface area (Å²) in [7, 11) is 0. The third kappa shape index (κ3) is 3.70. The largest absolute Gasteiger partial charge is 0.489 e. The minimum absolute atomic E-state index is 0.284. The van der Waals surface area contributed by atoms with E-state index in [0.717, 1.165) is 27.2 Å². The molecule has 146 valence electrons. The molecule has 29 heavy (non-hydrogen) atoms. The van der Waals surface area contributed by atoms with Crippen molar-refractivity contribution in [3.05, 3.63) is 105 Å². The van der Waals surface area contributed by atoms with Gasteiger partial charge in [0.2, 0.25) is 0 Å². The molecule has 2 aliphatic rings. The van der Waals surface area contributed by atoms with E-state index in [1.807, 2.05) is 24.3 Å². The number of hydrogen-bond donors (Lipinski definition) is 1. The Labute approximate surface area is 184 Å². The zero-order valence-corrected chi connectivity index (χ0v) is 18.2. The van der Waals surface area contributed by atoms with Crippen molar-refractivity contribution in [2.24, 2.45) is 5.92 Å². The molecule has 0 spiro atoms. The zero-order valence-electron chi connectivity index (χ0n) is 15.8. The molecule has 0 saturated heterocycles. The van der Waals surface area contributed by atoms with Crippen molar-refractivity contribution in [3.8, 4) is 5.75 Å². The van der Waals surface area contributed by atoms with Gasteiger partial charge in [-0.25, -0.2) is 0 Å². The Morgan fingerprint density at radius 3 is 2.59 bits per heavy atom. The van der Waals surface area contributed by atoms with E-state index in [1.54, 1.807) is 0 Å². The van der Waals surface area contributed by atoms with Crippen molar-refractivity contribution in [2.45, 2.75) is 25.0 Å².